The molecule has 0 spiro atoms. The molecule has 2 rings (SSSR count). The first-order valence-corrected chi connectivity index (χ1v) is 5.94. The van der Waals surface area contributed by atoms with Gasteiger partial charge < -0.3 is 19.5 Å². The standard InChI is InChI=1S/C13H18FNO3/c1-16-9-7-10(17-2)13(18-3)11(12(9)14)8-5-4-6-15-8/h7-8,15H,4-6H2,1-3H3. The molecule has 0 saturated carbocycles. The first-order valence-electron chi connectivity index (χ1n) is 5.94. The Hall–Kier alpha value is -1.49. The van der Waals surface area contributed by atoms with E-state index < -0.39 is 0 Å². The normalized spacial score (nSPS) is 18.8. The summed E-state index contributed by atoms with van der Waals surface area (Å²) in [6, 6.07) is 1.45. The van der Waals surface area contributed by atoms with E-state index >= 15 is 0 Å². The van der Waals surface area contributed by atoms with Crippen LogP contribution in [0.2, 0.25) is 0 Å². The van der Waals surface area contributed by atoms with Crippen molar-refractivity contribution in [1.82, 2.24) is 5.32 Å². The lowest BCUT2D eigenvalue weighted by molar-refractivity contribution is 0.329. The quantitative estimate of drug-likeness (QED) is 0.896. The van der Waals surface area contributed by atoms with Gasteiger partial charge in [0, 0.05) is 12.1 Å². The zero-order chi connectivity index (χ0) is 13.1. The lowest BCUT2D eigenvalue weighted by Crippen LogP contribution is -2.16. The summed E-state index contributed by atoms with van der Waals surface area (Å²) in [5, 5.41) is 3.26. The van der Waals surface area contributed by atoms with E-state index in [2.05, 4.69) is 5.32 Å². The maximum atomic E-state index is 14.4. The number of hydrogen-bond donors (Lipinski definition) is 1. The van der Waals surface area contributed by atoms with Crippen LogP contribution in [0.1, 0.15) is 24.4 Å². The highest BCUT2D eigenvalue weighted by Crippen LogP contribution is 2.43. The van der Waals surface area contributed by atoms with E-state index in [4.69, 9.17) is 14.2 Å². The summed E-state index contributed by atoms with van der Waals surface area (Å²) in [5.74, 6) is 0.723. The van der Waals surface area contributed by atoms with Gasteiger partial charge in [-0.15, -0.1) is 0 Å². The van der Waals surface area contributed by atoms with E-state index in [0.29, 0.717) is 17.1 Å². The molecule has 0 bridgehead atoms. The van der Waals surface area contributed by atoms with E-state index in [9.17, 15) is 4.39 Å². The number of nitrogens with one attached hydrogen (secondary N) is 1. The Kier molecular flexibility index (Phi) is 3.91. The summed E-state index contributed by atoms with van der Waals surface area (Å²) in [5.41, 5.74) is 0.492. The van der Waals surface area contributed by atoms with Crippen LogP contribution in [0.15, 0.2) is 6.07 Å². The number of rotatable bonds is 4. The third-order valence-electron chi connectivity index (χ3n) is 3.24. The lowest BCUT2D eigenvalue weighted by Gasteiger charge is -2.20. The Morgan fingerprint density at radius 2 is 1.89 bits per heavy atom. The average molecular weight is 255 g/mol. The highest BCUT2D eigenvalue weighted by molar-refractivity contribution is 5.54. The van der Waals surface area contributed by atoms with Crippen LogP contribution < -0.4 is 19.5 Å². The second kappa shape index (κ2) is 5.44. The first-order chi connectivity index (χ1) is 8.72. The fourth-order valence-corrected chi connectivity index (χ4v) is 2.37. The number of hydrogen-bond acceptors (Lipinski definition) is 4. The molecule has 100 valence electrons. The van der Waals surface area contributed by atoms with Gasteiger partial charge in [0.05, 0.1) is 26.9 Å². The van der Waals surface area contributed by atoms with Gasteiger partial charge in [-0.3, -0.25) is 0 Å². The lowest BCUT2D eigenvalue weighted by atomic mass is 10.0. The Balaban J connectivity index is 2.57. The maximum Gasteiger partial charge on any atom is 0.173 e. The number of halogens is 1. The largest absolute Gasteiger partial charge is 0.494 e. The molecule has 18 heavy (non-hydrogen) atoms. The van der Waals surface area contributed by atoms with Crippen molar-refractivity contribution < 1.29 is 18.6 Å². The zero-order valence-electron chi connectivity index (χ0n) is 10.9. The summed E-state index contributed by atoms with van der Waals surface area (Å²) in [7, 11) is 4.49. The van der Waals surface area contributed by atoms with Gasteiger partial charge in [0.2, 0.25) is 0 Å². The predicted octanol–water partition coefficient (Wildman–Crippen LogP) is 2.28. The molecule has 1 unspecified atom stereocenters. The Bertz CT molecular complexity index is 431. The monoisotopic (exact) mass is 255 g/mol. The SMILES string of the molecule is COc1cc(OC)c(OC)c(C2CCCN2)c1F. The molecule has 4 nitrogen and oxygen atoms in total. The summed E-state index contributed by atoms with van der Waals surface area (Å²) < 4.78 is 30.0. The topological polar surface area (TPSA) is 39.7 Å². The van der Waals surface area contributed by atoms with E-state index in [-0.39, 0.29) is 17.6 Å². The second-order valence-corrected chi connectivity index (χ2v) is 4.19. The van der Waals surface area contributed by atoms with Crippen molar-refractivity contribution in [2.75, 3.05) is 27.9 Å². The summed E-state index contributed by atoms with van der Waals surface area (Å²) in [6.45, 7) is 0.882. The van der Waals surface area contributed by atoms with E-state index in [1.807, 2.05) is 0 Å². The molecule has 5 heteroatoms. The summed E-state index contributed by atoms with van der Waals surface area (Å²) >= 11 is 0. The zero-order valence-corrected chi connectivity index (χ0v) is 10.9. The van der Waals surface area contributed by atoms with Crippen LogP contribution in [0.5, 0.6) is 17.2 Å². The van der Waals surface area contributed by atoms with Gasteiger partial charge >= 0.3 is 0 Å². The van der Waals surface area contributed by atoms with Gasteiger partial charge in [-0.05, 0) is 19.4 Å². The van der Waals surface area contributed by atoms with Crippen molar-refractivity contribution in [2.24, 2.45) is 0 Å². The van der Waals surface area contributed by atoms with Gasteiger partial charge in [-0.25, -0.2) is 4.39 Å². The van der Waals surface area contributed by atoms with Gasteiger partial charge in [-0.1, -0.05) is 0 Å². The van der Waals surface area contributed by atoms with Crippen LogP contribution in [-0.2, 0) is 0 Å². The minimum atomic E-state index is -0.380. The van der Waals surface area contributed by atoms with Crippen molar-refractivity contribution in [3.63, 3.8) is 0 Å². The van der Waals surface area contributed by atoms with Gasteiger partial charge in [-0.2, -0.15) is 0 Å². The van der Waals surface area contributed by atoms with Gasteiger partial charge in [0.15, 0.2) is 23.1 Å². The van der Waals surface area contributed by atoms with E-state index in [1.165, 1.54) is 27.4 Å². The number of benzene rings is 1. The third kappa shape index (κ3) is 2.10. The van der Waals surface area contributed by atoms with Crippen molar-refractivity contribution >= 4 is 0 Å². The van der Waals surface area contributed by atoms with Crippen molar-refractivity contribution in [3.05, 3.63) is 17.4 Å². The fourth-order valence-electron chi connectivity index (χ4n) is 2.37. The molecule has 0 aliphatic carbocycles. The Labute approximate surface area is 106 Å². The summed E-state index contributed by atoms with van der Waals surface area (Å²) in [6.07, 6.45) is 1.90. The number of methoxy groups -OCH3 is 3. The number of ether oxygens (including phenoxy) is 3. The first kappa shape index (κ1) is 13.0. The minimum Gasteiger partial charge on any atom is -0.494 e. The predicted molar refractivity (Wildman–Crippen MR) is 66.0 cm³/mol. The third-order valence-corrected chi connectivity index (χ3v) is 3.24. The minimum absolute atomic E-state index is 0.0519. The average Bonchev–Trinajstić information content (AvgIpc) is 2.91. The van der Waals surface area contributed by atoms with Crippen LogP contribution in [0, 0.1) is 5.82 Å². The van der Waals surface area contributed by atoms with Crippen LogP contribution >= 0.6 is 0 Å². The Morgan fingerprint density at radius 3 is 2.39 bits per heavy atom. The molecule has 1 aromatic carbocycles. The smallest absolute Gasteiger partial charge is 0.173 e. The molecule has 0 amide bonds. The van der Waals surface area contributed by atoms with Crippen molar-refractivity contribution in [3.8, 4) is 17.2 Å². The summed E-state index contributed by atoms with van der Waals surface area (Å²) in [4.78, 5) is 0. The molecule has 1 aromatic rings. The molecule has 1 atom stereocenters. The molecule has 1 aliphatic heterocycles. The Morgan fingerprint density at radius 1 is 1.17 bits per heavy atom. The highest BCUT2D eigenvalue weighted by atomic mass is 19.1. The van der Waals surface area contributed by atoms with Crippen LogP contribution in [0.25, 0.3) is 0 Å². The van der Waals surface area contributed by atoms with Crippen molar-refractivity contribution in [2.45, 2.75) is 18.9 Å². The van der Waals surface area contributed by atoms with Crippen LogP contribution in [-0.4, -0.2) is 27.9 Å². The molecular formula is C13H18FNO3. The fraction of sp³-hybridized carbons (Fsp3) is 0.538. The molecule has 1 fully saturated rings. The van der Waals surface area contributed by atoms with Gasteiger partial charge in [0.1, 0.15) is 0 Å². The molecular weight excluding hydrogens is 237 g/mol. The van der Waals surface area contributed by atoms with E-state index in [1.54, 1.807) is 0 Å². The molecule has 1 saturated heterocycles. The molecule has 0 radical (unpaired) electrons. The molecule has 1 aliphatic rings. The maximum absolute atomic E-state index is 14.4. The molecule has 0 aromatic heterocycles. The van der Waals surface area contributed by atoms with Crippen molar-refractivity contribution in [1.29, 1.82) is 0 Å². The second-order valence-electron chi connectivity index (χ2n) is 4.19. The highest BCUT2D eigenvalue weighted by Gasteiger charge is 2.28. The van der Waals surface area contributed by atoms with Gasteiger partial charge in [0.25, 0.3) is 0 Å². The molecule has 1 heterocycles. The van der Waals surface area contributed by atoms with E-state index in [0.717, 1.165) is 19.4 Å². The molecule has 1 N–H and O–H groups in total. The van der Waals surface area contributed by atoms with Crippen LogP contribution in [0.4, 0.5) is 4.39 Å². The van der Waals surface area contributed by atoms with Crippen LogP contribution in [0.3, 0.4) is 0 Å².